The van der Waals surface area contributed by atoms with Gasteiger partial charge < -0.3 is 10.2 Å². The van der Waals surface area contributed by atoms with Crippen LogP contribution in [0.4, 0.5) is 5.69 Å². The van der Waals surface area contributed by atoms with Crippen molar-refractivity contribution in [3.8, 4) is 0 Å². The second-order valence-electron chi connectivity index (χ2n) is 5.88. The van der Waals surface area contributed by atoms with Gasteiger partial charge in [-0.3, -0.25) is 4.79 Å². The zero-order valence-electron chi connectivity index (χ0n) is 13.9. The molecule has 1 amide bonds. The molecule has 0 saturated carbocycles. The first kappa shape index (κ1) is 17.9. The predicted molar refractivity (Wildman–Crippen MR) is 91.1 cm³/mol. The lowest BCUT2D eigenvalue weighted by Gasteiger charge is -2.20. The molecule has 6 nitrogen and oxygen atoms in total. The summed E-state index contributed by atoms with van der Waals surface area (Å²) in [5.41, 5.74) is 1.72. The van der Waals surface area contributed by atoms with Crippen LogP contribution in [0.25, 0.3) is 0 Å². The molecule has 1 aromatic rings. The highest BCUT2D eigenvalue weighted by Gasteiger charge is 2.30. The third kappa shape index (κ3) is 4.10. The van der Waals surface area contributed by atoms with Crippen LogP contribution in [-0.2, 0) is 21.2 Å². The summed E-state index contributed by atoms with van der Waals surface area (Å²) in [5, 5.41) is 3.15. The van der Waals surface area contributed by atoms with E-state index in [4.69, 9.17) is 0 Å². The molecule has 0 spiro atoms. The third-order valence-corrected chi connectivity index (χ3v) is 5.40. The molecule has 1 aliphatic rings. The molecule has 0 aromatic heterocycles. The van der Waals surface area contributed by atoms with Crippen LogP contribution in [0.2, 0.25) is 0 Å². The molecule has 2 N–H and O–H groups in total. The number of fused-ring (bicyclic) bond motifs is 1. The van der Waals surface area contributed by atoms with E-state index in [1.807, 2.05) is 6.92 Å². The van der Waals surface area contributed by atoms with Crippen molar-refractivity contribution in [1.82, 2.24) is 10.0 Å². The van der Waals surface area contributed by atoms with Gasteiger partial charge in [0.25, 0.3) is 0 Å². The molecule has 1 aromatic carbocycles. The quantitative estimate of drug-likeness (QED) is 0.733. The molecule has 0 fully saturated rings. The number of rotatable bonds is 7. The number of carbonyl (C=O) groups is 1. The lowest BCUT2D eigenvalue weighted by Crippen LogP contribution is -2.33. The van der Waals surface area contributed by atoms with E-state index in [-0.39, 0.29) is 16.8 Å². The topological polar surface area (TPSA) is 78.5 Å². The zero-order chi connectivity index (χ0) is 17.0. The number of benzene rings is 1. The van der Waals surface area contributed by atoms with Crippen molar-refractivity contribution < 1.29 is 13.2 Å². The normalized spacial score (nSPS) is 17.3. The minimum Gasteiger partial charge on any atom is -0.315 e. The average Bonchev–Trinajstić information content (AvgIpc) is 2.81. The summed E-state index contributed by atoms with van der Waals surface area (Å²) in [6, 6.07) is 5.03. The van der Waals surface area contributed by atoms with Gasteiger partial charge in [0.05, 0.1) is 4.90 Å². The lowest BCUT2D eigenvalue weighted by molar-refractivity contribution is -0.116. The van der Waals surface area contributed by atoms with Crippen LogP contribution in [0.1, 0.15) is 32.8 Å². The number of nitrogens with zero attached hydrogens (tertiary/aromatic N) is 1. The monoisotopic (exact) mass is 339 g/mol. The fourth-order valence-corrected chi connectivity index (χ4v) is 4.00. The summed E-state index contributed by atoms with van der Waals surface area (Å²) >= 11 is 0. The molecule has 0 radical (unpaired) electrons. The van der Waals surface area contributed by atoms with Gasteiger partial charge in [-0.05, 0) is 50.1 Å². The molecule has 1 atom stereocenters. The van der Waals surface area contributed by atoms with E-state index >= 15 is 0 Å². The summed E-state index contributed by atoms with van der Waals surface area (Å²) in [4.78, 5) is 13.7. The van der Waals surface area contributed by atoms with Crippen LogP contribution >= 0.6 is 0 Å². The van der Waals surface area contributed by atoms with Crippen molar-refractivity contribution in [3.05, 3.63) is 23.8 Å². The minimum atomic E-state index is -3.52. The standard InChI is InChI=1S/C16H25N3O3S/c1-4-7-17-8-9-18-23(21,22)15-5-6-16-14(11-15)10-12(2)19(16)13(3)20/h5-6,11-12,17-18H,4,7-10H2,1-3H3. The fraction of sp³-hybridized carbons (Fsp3) is 0.562. The number of carbonyl (C=O) groups excluding carboxylic acids is 1. The molecule has 7 heteroatoms. The van der Waals surface area contributed by atoms with Crippen molar-refractivity contribution in [3.63, 3.8) is 0 Å². The summed E-state index contributed by atoms with van der Waals surface area (Å²) < 4.78 is 27.3. The third-order valence-electron chi connectivity index (χ3n) is 3.94. The molecule has 1 unspecified atom stereocenters. The number of hydrogen-bond acceptors (Lipinski definition) is 4. The van der Waals surface area contributed by atoms with E-state index in [1.54, 1.807) is 23.1 Å². The predicted octanol–water partition coefficient (Wildman–Crippen LogP) is 1.26. The maximum atomic E-state index is 12.3. The number of nitrogens with one attached hydrogen (secondary N) is 2. The molecule has 0 saturated heterocycles. The van der Waals surface area contributed by atoms with E-state index in [2.05, 4.69) is 17.0 Å². The van der Waals surface area contributed by atoms with Gasteiger partial charge in [0, 0.05) is 31.7 Å². The van der Waals surface area contributed by atoms with Crippen LogP contribution in [0.5, 0.6) is 0 Å². The van der Waals surface area contributed by atoms with Gasteiger partial charge in [-0.25, -0.2) is 13.1 Å². The Labute approximate surface area is 138 Å². The number of sulfonamides is 1. The maximum absolute atomic E-state index is 12.3. The van der Waals surface area contributed by atoms with Gasteiger partial charge >= 0.3 is 0 Å². The molecular formula is C16H25N3O3S. The molecule has 1 aliphatic heterocycles. The van der Waals surface area contributed by atoms with Gasteiger partial charge in [-0.1, -0.05) is 6.92 Å². The molecule has 23 heavy (non-hydrogen) atoms. The Kier molecular flexibility index (Phi) is 5.78. The maximum Gasteiger partial charge on any atom is 0.240 e. The highest BCUT2D eigenvalue weighted by atomic mass is 32.2. The van der Waals surface area contributed by atoms with E-state index in [1.165, 1.54) is 6.92 Å². The van der Waals surface area contributed by atoms with Crippen molar-refractivity contribution in [2.24, 2.45) is 0 Å². The first-order valence-corrected chi connectivity index (χ1v) is 9.48. The fourth-order valence-electron chi connectivity index (χ4n) is 2.91. The summed E-state index contributed by atoms with van der Waals surface area (Å²) in [5.74, 6) is -0.0213. The van der Waals surface area contributed by atoms with Gasteiger partial charge in [0.1, 0.15) is 0 Å². The summed E-state index contributed by atoms with van der Waals surface area (Å²) in [7, 11) is -3.52. The van der Waals surface area contributed by atoms with Gasteiger partial charge in [-0.15, -0.1) is 0 Å². The van der Waals surface area contributed by atoms with Crippen LogP contribution < -0.4 is 14.9 Å². The van der Waals surface area contributed by atoms with Crippen molar-refractivity contribution >= 4 is 21.6 Å². The number of anilines is 1. The smallest absolute Gasteiger partial charge is 0.240 e. The molecule has 2 rings (SSSR count). The lowest BCUT2D eigenvalue weighted by atomic mass is 10.1. The van der Waals surface area contributed by atoms with Crippen molar-refractivity contribution in [2.75, 3.05) is 24.5 Å². The highest BCUT2D eigenvalue weighted by molar-refractivity contribution is 7.89. The number of amides is 1. The Morgan fingerprint density at radius 3 is 2.70 bits per heavy atom. The SMILES string of the molecule is CCCNCCNS(=O)(=O)c1ccc2c(c1)CC(C)N2C(C)=O. The van der Waals surface area contributed by atoms with Gasteiger partial charge in [-0.2, -0.15) is 0 Å². The Bertz CT molecular complexity index is 673. The first-order chi connectivity index (χ1) is 10.9. The molecule has 0 bridgehead atoms. The summed E-state index contributed by atoms with van der Waals surface area (Å²) in [6.07, 6.45) is 1.69. The van der Waals surface area contributed by atoms with Gasteiger partial charge in [0.15, 0.2) is 0 Å². The van der Waals surface area contributed by atoms with Crippen LogP contribution in [0.3, 0.4) is 0 Å². The van der Waals surface area contributed by atoms with Crippen molar-refractivity contribution in [2.45, 2.75) is 44.6 Å². The average molecular weight is 339 g/mol. The second kappa shape index (κ2) is 7.42. The Morgan fingerprint density at radius 1 is 1.30 bits per heavy atom. The highest BCUT2D eigenvalue weighted by Crippen LogP contribution is 2.33. The molecular weight excluding hydrogens is 314 g/mol. The van der Waals surface area contributed by atoms with E-state index in [0.717, 1.165) is 24.2 Å². The zero-order valence-corrected chi connectivity index (χ0v) is 14.7. The molecule has 0 aliphatic carbocycles. The molecule has 1 heterocycles. The Balaban J connectivity index is 2.10. The van der Waals surface area contributed by atoms with Crippen LogP contribution in [-0.4, -0.2) is 40.0 Å². The van der Waals surface area contributed by atoms with E-state index in [9.17, 15) is 13.2 Å². The summed E-state index contributed by atoms with van der Waals surface area (Å²) in [6.45, 7) is 7.39. The van der Waals surface area contributed by atoms with Gasteiger partial charge in [0.2, 0.25) is 15.9 Å². The Hall–Kier alpha value is -1.44. The Morgan fingerprint density at radius 2 is 2.04 bits per heavy atom. The van der Waals surface area contributed by atoms with Crippen LogP contribution in [0.15, 0.2) is 23.1 Å². The van der Waals surface area contributed by atoms with Crippen LogP contribution in [0, 0.1) is 0 Å². The minimum absolute atomic E-state index is 0.0213. The van der Waals surface area contributed by atoms with Crippen molar-refractivity contribution in [1.29, 1.82) is 0 Å². The van der Waals surface area contributed by atoms with E-state index < -0.39 is 10.0 Å². The largest absolute Gasteiger partial charge is 0.315 e. The number of hydrogen-bond donors (Lipinski definition) is 2. The first-order valence-electron chi connectivity index (χ1n) is 8.00. The second-order valence-corrected chi connectivity index (χ2v) is 7.65. The van der Waals surface area contributed by atoms with E-state index in [0.29, 0.717) is 19.5 Å². The molecule has 128 valence electrons.